The summed E-state index contributed by atoms with van der Waals surface area (Å²) in [4.78, 5) is 13.0. The summed E-state index contributed by atoms with van der Waals surface area (Å²) in [5.41, 5.74) is 3.44. The molecule has 0 aromatic heterocycles. The van der Waals surface area contributed by atoms with Gasteiger partial charge in [-0.3, -0.25) is 0 Å². The smallest absolute Gasteiger partial charge is 0.321 e. The van der Waals surface area contributed by atoms with Crippen LogP contribution in [0, 0.1) is 12.8 Å². The molecule has 0 atom stereocenters. The summed E-state index contributed by atoms with van der Waals surface area (Å²) in [5.74, 6) is 0.649. The molecule has 1 aromatic carbocycles. The molecule has 1 rings (SSSR count). The Balaban J connectivity index is 2.78. The summed E-state index contributed by atoms with van der Waals surface area (Å²) in [7, 11) is 3.46. The lowest BCUT2D eigenvalue weighted by Gasteiger charge is -2.14. The average molecular weight is 234 g/mol. The van der Waals surface area contributed by atoms with Gasteiger partial charge in [0.25, 0.3) is 0 Å². The number of hydrogen-bond acceptors (Lipinski definition) is 1. The molecular weight excluding hydrogens is 212 g/mol. The van der Waals surface area contributed by atoms with Crippen molar-refractivity contribution in [1.29, 1.82) is 0 Å². The molecule has 0 unspecified atom stereocenters. The first-order chi connectivity index (χ1) is 7.90. The lowest BCUT2D eigenvalue weighted by molar-refractivity contribution is 0.230. The van der Waals surface area contributed by atoms with E-state index in [4.69, 9.17) is 0 Å². The fourth-order valence-electron chi connectivity index (χ4n) is 1.68. The van der Waals surface area contributed by atoms with E-state index in [1.165, 1.54) is 16.0 Å². The molecule has 3 nitrogen and oxygen atoms in total. The Morgan fingerprint density at radius 2 is 2.00 bits per heavy atom. The molecule has 0 aliphatic carbocycles. The van der Waals surface area contributed by atoms with Crippen LogP contribution in [-0.4, -0.2) is 25.0 Å². The second-order valence-electron chi connectivity index (χ2n) is 5.06. The van der Waals surface area contributed by atoms with Crippen molar-refractivity contribution in [1.82, 2.24) is 4.90 Å². The first kappa shape index (κ1) is 13.6. The normalized spacial score (nSPS) is 10.5. The molecule has 0 saturated heterocycles. The van der Waals surface area contributed by atoms with Crippen LogP contribution in [0.2, 0.25) is 0 Å². The van der Waals surface area contributed by atoms with Crippen LogP contribution in [0.3, 0.4) is 0 Å². The van der Waals surface area contributed by atoms with Crippen LogP contribution in [0.25, 0.3) is 0 Å². The molecule has 0 fully saturated rings. The highest BCUT2D eigenvalue weighted by Crippen LogP contribution is 2.18. The highest BCUT2D eigenvalue weighted by molar-refractivity contribution is 5.89. The van der Waals surface area contributed by atoms with Crippen molar-refractivity contribution in [2.75, 3.05) is 19.4 Å². The summed E-state index contributed by atoms with van der Waals surface area (Å²) >= 11 is 0. The van der Waals surface area contributed by atoms with Gasteiger partial charge in [-0.25, -0.2) is 4.79 Å². The lowest BCUT2D eigenvalue weighted by atomic mass is 9.98. The number of carbonyl (C=O) groups is 1. The van der Waals surface area contributed by atoms with Gasteiger partial charge in [0.2, 0.25) is 0 Å². The molecule has 0 radical (unpaired) electrons. The van der Waals surface area contributed by atoms with Crippen molar-refractivity contribution in [3.8, 4) is 0 Å². The number of aryl methyl sites for hydroxylation is 1. The van der Waals surface area contributed by atoms with E-state index in [1.54, 1.807) is 14.1 Å². The van der Waals surface area contributed by atoms with Crippen molar-refractivity contribution in [2.45, 2.75) is 27.2 Å². The molecule has 0 bridgehead atoms. The highest BCUT2D eigenvalue weighted by atomic mass is 16.2. The molecule has 0 spiro atoms. The molecule has 0 aliphatic heterocycles. The van der Waals surface area contributed by atoms with Gasteiger partial charge in [-0.15, -0.1) is 0 Å². The van der Waals surface area contributed by atoms with Gasteiger partial charge in [0, 0.05) is 19.8 Å². The zero-order valence-corrected chi connectivity index (χ0v) is 11.4. The second kappa shape index (κ2) is 5.71. The maximum Gasteiger partial charge on any atom is 0.321 e. The summed E-state index contributed by atoms with van der Waals surface area (Å²) in [5, 5.41) is 2.85. The van der Waals surface area contributed by atoms with E-state index in [-0.39, 0.29) is 6.03 Å². The number of carbonyl (C=O) groups excluding carboxylic acids is 1. The van der Waals surface area contributed by atoms with Gasteiger partial charge in [-0.2, -0.15) is 0 Å². The van der Waals surface area contributed by atoms with E-state index in [2.05, 4.69) is 32.2 Å². The van der Waals surface area contributed by atoms with Gasteiger partial charge < -0.3 is 10.2 Å². The van der Waals surface area contributed by atoms with Gasteiger partial charge in [-0.05, 0) is 42.5 Å². The largest absolute Gasteiger partial charge is 0.331 e. The number of benzene rings is 1. The van der Waals surface area contributed by atoms with Crippen molar-refractivity contribution < 1.29 is 4.79 Å². The number of nitrogens with one attached hydrogen (secondary N) is 1. The summed E-state index contributed by atoms with van der Waals surface area (Å²) < 4.78 is 0. The molecule has 0 heterocycles. The van der Waals surface area contributed by atoms with Crippen molar-refractivity contribution in [2.24, 2.45) is 5.92 Å². The van der Waals surface area contributed by atoms with Gasteiger partial charge >= 0.3 is 6.03 Å². The highest BCUT2D eigenvalue weighted by Gasteiger charge is 2.06. The maximum absolute atomic E-state index is 11.5. The van der Waals surface area contributed by atoms with Crippen LogP contribution >= 0.6 is 0 Å². The summed E-state index contributed by atoms with van der Waals surface area (Å²) in [6, 6.07) is 5.99. The van der Waals surface area contributed by atoms with Crippen LogP contribution in [0.15, 0.2) is 18.2 Å². The fourth-order valence-corrected chi connectivity index (χ4v) is 1.68. The Labute approximate surface area is 104 Å². The lowest BCUT2D eigenvalue weighted by Crippen LogP contribution is -2.27. The van der Waals surface area contributed by atoms with Crippen molar-refractivity contribution in [3.63, 3.8) is 0 Å². The van der Waals surface area contributed by atoms with Gasteiger partial charge in [0.15, 0.2) is 0 Å². The zero-order valence-electron chi connectivity index (χ0n) is 11.4. The Hall–Kier alpha value is -1.51. The Kier molecular flexibility index (Phi) is 4.55. The number of hydrogen-bond donors (Lipinski definition) is 1. The van der Waals surface area contributed by atoms with Crippen LogP contribution in [0.1, 0.15) is 25.0 Å². The minimum absolute atomic E-state index is 0.0963. The third-order valence-electron chi connectivity index (χ3n) is 2.63. The summed E-state index contributed by atoms with van der Waals surface area (Å²) in [6.07, 6.45) is 1.08. The molecule has 17 heavy (non-hydrogen) atoms. The standard InChI is InChI=1S/C14H22N2O/c1-10(2)8-12-6-7-13(9-11(12)3)15-14(17)16(4)5/h6-7,9-10H,8H2,1-5H3,(H,15,17). The van der Waals surface area contributed by atoms with Crippen molar-refractivity contribution >= 4 is 11.7 Å². The van der Waals surface area contributed by atoms with Crippen molar-refractivity contribution in [3.05, 3.63) is 29.3 Å². The van der Waals surface area contributed by atoms with E-state index in [0.29, 0.717) is 5.92 Å². The van der Waals surface area contributed by atoms with E-state index in [9.17, 15) is 4.79 Å². The Morgan fingerprint density at radius 3 is 2.47 bits per heavy atom. The first-order valence-electron chi connectivity index (χ1n) is 5.98. The minimum atomic E-state index is -0.0963. The first-order valence-corrected chi connectivity index (χ1v) is 5.98. The predicted octanol–water partition coefficient (Wildman–Crippen LogP) is 3.29. The quantitative estimate of drug-likeness (QED) is 0.855. The molecule has 3 heteroatoms. The molecule has 0 saturated carbocycles. The second-order valence-corrected chi connectivity index (χ2v) is 5.06. The molecular formula is C14H22N2O. The number of urea groups is 1. The fraction of sp³-hybridized carbons (Fsp3) is 0.500. The predicted molar refractivity (Wildman–Crippen MR) is 72.4 cm³/mol. The Bertz CT molecular complexity index is 397. The van der Waals surface area contributed by atoms with Crippen LogP contribution < -0.4 is 5.32 Å². The number of amides is 2. The van der Waals surface area contributed by atoms with Gasteiger partial charge in [0.1, 0.15) is 0 Å². The van der Waals surface area contributed by atoms with E-state index in [0.717, 1.165) is 12.1 Å². The number of nitrogens with zero attached hydrogens (tertiary/aromatic N) is 1. The SMILES string of the molecule is Cc1cc(NC(=O)N(C)C)ccc1CC(C)C. The maximum atomic E-state index is 11.5. The van der Waals surface area contributed by atoms with Crippen LogP contribution in [0.4, 0.5) is 10.5 Å². The third-order valence-corrected chi connectivity index (χ3v) is 2.63. The molecule has 2 amide bonds. The monoisotopic (exact) mass is 234 g/mol. The zero-order chi connectivity index (χ0) is 13.0. The topological polar surface area (TPSA) is 32.3 Å². The van der Waals surface area contributed by atoms with Crippen LogP contribution in [0.5, 0.6) is 0 Å². The number of rotatable bonds is 3. The molecule has 94 valence electrons. The Morgan fingerprint density at radius 1 is 1.35 bits per heavy atom. The van der Waals surface area contributed by atoms with E-state index in [1.807, 2.05) is 12.1 Å². The third kappa shape index (κ3) is 4.10. The molecule has 0 aliphatic rings. The van der Waals surface area contributed by atoms with E-state index < -0.39 is 0 Å². The number of anilines is 1. The van der Waals surface area contributed by atoms with E-state index >= 15 is 0 Å². The average Bonchev–Trinajstić information content (AvgIpc) is 2.21. The summed E-state index contributed by atoms with van der Waals surface area (Å²) in [6.45, 7) is 6.51. The molecule has 1 N–H and O–H groups in total. The van der Waals surface area contributed by atoms with Crippen LogP contribution in [-0.2, 0) is 6.42 Å². The van der Waals surface area contributed by atoms with Gasteiger partial charge in [0.05, 0.1) is 0 Å². The van der Waals surface area contributed by atoms with Gasteiger partial charge in [-0.1, -0.05) is 19.9 Å². The molecule has 1 aromatic rings. The minimum Gasteiger partial charge on any atom is -0.331 e.